The molecule has 0 aliphatic heterocycles. The van der Waals surface area contributed by atoms with Crippen LogP contribution >= 0.6 is 0 Å². The Morgan fingerprint density at radius 3 is 2.94 bits per heavy atom. The number of hydrogen-bond donors (Lipinski definition) is 2. The zero-order chi connectivity index (χ0) is 12.5. The summed E-state index contributed by atoms with van der Waals surface area (Å²) in [6.07, 6.45) is 2.22. The summed E-state index contributed by atoms with van der Waals surface area (Å²) in [4.78, 5) is 11.6. The molecule has 1 aromatic rings. The number of carbonyl (C=O) groups is 1. The monoisotopic (exact) mass is 236 g/mol. The first kappa shape index (κ1) is 13.5. The number of rotatable bonds is 7. The molecule has 1 rings (SSSR count). The quantitative estimate of drug-likeness (QED) is 0.712. The lowest BCUT2D eigenvalue weighted by Gasteiger charge is -2.07. The number of benzene rings is 1. The van der Waals surface area contributed by atoms with Crippen molar-refractivity contribution in [1.29, 1.82) is 0 Å². The lowest BCUT2D eigenvalue weighted by molar-refractivity contribution is -0.115. The van der Waals surface area contributed by atoms with Gasteiger partial charge < -0.3 is 15.4 Å². The molecule has 0 aliphatic carbocycles. The fourth-order valence-corrected chi connectivity index (χ4v) is 1.41. The van der Waals surface area contributed by atoms with E-state index in [0.717, 1.165) is 30.8 Å². The number of hydrogen-bond acceptors (Lipinski definition) is 3. The predicted octanol–water partition coefficient (Wildman–Crippen LogP) is 2.02. The Bertz CT molecular complexity index is 353. The maximum atomic E-state index is 11.6. The van der Waals surface area contributed by atoms with Crippen LogP contribution in [0, 0.1) is 0 Å². The van der Waals surface area contributed by atoms with Gasteiger partial charge in [-0.1, -0.05) is 19.4 Å². The van der Waals surface area contributed by atoms with E-state index in [9.17, 15) is 4.79 Å². The highest BCUT2D eigenvalue weighted by Gasteiger charge is 2.02. The molecule has 0 fully saturated rings. The van der Waals surface area contributed by atoms with Crippen molar-refractivity contribution >= 4 is 11.6 Å². The van der Waals surface area contributed by atoms with E-state index in [2.05, 4.69) is 17.6 Å². The lowest BCUT2D eigenvalue weighted by Crippen LogP contribution is -2.28. The number of ether oxygens (including phenoxy) is 1. The van der Waals surface area contributed by atoms with E-state index in [1.54, 1.807) is 13.2 Å². The molecule has 4 heteroatoms. The van der Waals surface area contributed by atoms with Gasteiger partial charge in [0.25, 0.3) is 0 Å². The molecular weight excluding hydrogens is 216 g/mol. The fourth-order valence-electron chi connectivity index (χ4n) is 1.41. The van der Waals surface area contributed by atoms with Crippen LogP contribution in [0.3, 0.4) is 0 Å². The van der Waals surface area contributed by atoms with E-state index < -0.39 is 0 Å². The molecule has 17 heavy (non-hydrogen) atoms. The fraction of sp³-hybridized carbons (Fsp3) is 0.462. The topological polar surface area (TPSA) is 50.4 Å². The molecule has 1 aromatic carbocycles. The largest absolute Gasteiger partial charge is 0.497 e. The van der Waals surface area contributed by atoms with E-state index in [1.165, 1.54) is 0 Å². The van der Waals surface area contributed by atoms with Gasteiger partial charge in [0.1, 0.15) is 5.75 Å². The van der Waals surface area contributed by atoms with Crippen molar-refractivity contribution in [3.05, 3.63) is 24.3 Å². The minimum Gasteiger partial charge on any atom is -0.497 e. The molecule has 0 aliphatic rings. The maximum absolute atomic E-state index is 11.6. The minimum atomic E-state index is -0.0330. The van der Waals surface area contributed by atoms with Crippen molar-refractivity contribution in [3.63, 3.8) is 0 Å². The molecule has 0 atom stereocenters. The molecule has 0 radical (unpaired) electrons. The van der Waals surface area contributed by atoms with Crippen LogP contribution in [0.15, 0.2) is 24.3 Å². The second-order valence-corrected chi connectivity index (χ2v) is 3.81. The van der Waals surface area contributed by atoms with Gasteiger partial charge >= 0.3 is 0 Å². The van der Waals surface area contributed by atoms with E-state index in [1.807, 2.05) is 18.2 Å². The van der Waals surface area contributed by atoms with Gasteiger partial charge in [-0.2, -0.15) is 0 Å². The van der Waals surface area contributed by atoms with E-state index in [0.29, 0.717) is 6.54 Å². The third-order valence-corrected chi connectivity index (χ3v) is 2.35. The molecule has 0 spiro atoms. The van der Waals surface area contributed by atoms with Gasteiger partial charge in [-0.3, -0.25) is 4.79 Å². The molecular formula is C13H20N2O2. The number of anilines is 1. The van der Waals surface area contributed by atoms with Gasteiger partial charge in [-0.25, -0.2) is 0 Å². The lowest BCUT2D eigenvalue weighted by atomic mass is 10.3. The number of carbonyl (C=O) groups excluding carboxylic acids is 1. The number of amides is 1. The Balaban J connectivity index is 2.34. The standard InChI is InChI=1S/C13H20N2O2/c1-3-4-8-14-10-13(16)15-11-6-5-7-12(9-11)17-2/h5-7,9,14H,3-4,8,10H2,1-2H3,(H,15,16). The number of methoxy groups -OCH3 is 1. The molecule has 1 amide bonds. The first-order valence-electron chi connectivity index (χ1n) is 5.91. The maximum Gasteiger partial charge on any atom is 0.238 e. The molecule has 0 unspecified atom stereocenters. The summed E-state index contributed by atoms with van der Waals surface area (Å²) >= 11 is 0. The summed E-state index contributed by atoms with van der Waals surface area (Å²) in [5.74, 6) is 0.705. The Kier molecular flexibility index (Phi) is 6.10. The highest BCUT2D eigenvalue weighted by Crippen LogP contribution is 2.16. The Hall–Kier alpha value is -1.55. The molecule has 0 heterocycles. The van der Waals surface area contributed by atoms with Crippen molar-refractivity contribution in [3.8, 4) is 5.75 Å². The average molecular weight is 236 g/mol. The predicted molar refractivity (Wildman–Crippen MR) is 69.4 cm³/mol. The van der Waals surface area contributed by atoms with Crippen LogP contribution in [-0.4, -0.2) is 26.1 Å². The van der Waals surface area contributed by atoms with Crippen LogP contribution in [0.4, 0.5) is 5.69 Å². The smallest absolute Gasteiger partial charge is 0.238 e. The van der Waals surface area contributed by atoms with Gasteiger partial charge in [-0.05, 0) is 25.1 Å². The van der Waals surface area contributed by atoms with E-state index >= 15 is 0 Å². The molecule has 94 valence electrons. The van der Waals surface area contributed by atoms with Crippen LogP contribution in [0.5, 0.6) is 5.75 Å². The van der Waals surface area contributed by atoms with Crippen LogP contribution in [-0.2, 0) is 4.79 Å². The SMILES string of the molecule is CCCCNCC(=O)Nc1cccc(OC)c1. The summed E-state index contributed by atoms with van der Waals surface area (Å²) in [5.41, 5.74) is 0.756. The summed E-state index contributed by atoms with van der Waals surface area (Å²) in [6, 6.07) is 7.32. The molecule has 4 nitrogen and oxygen atoms in total. The average Bonchev–Trinajstić information content (AvgIpc) is 2.35. The van der Waals surface area contributed by atoms with Crippen LogP contribution < -0.4 is 15.4 Å². The normalized spacial score (nSPS) is 10.0. The number of unbranched alkanes of at least 4 members (excludes halogenated alkanes) is 1. The van der Waals surface area contributed by atoms with Gasteiger partial charge in [0.05, 0.1) is 13.7 Å². The third kappa shape index (κ3) is 5.36. The molecule has 2 N–H and O–H groups in total. The highest BCUT2D eigenvalue weighted by molar-refractivity contribution is 5.92. The summed E-state index contributed by atoms with van der Waals surface area (Å²) in [6.45, 7) is 3.34. The molecule has 0 saturated heterocycles. The second kappa shape index (κ2) is 7.68. The van der Waals surface area contributed by atoms with Crippen LogP contribution in [0.25, 0.3) is 0 Å². The molecule has 0 aromatic heterocycles. The summed E-state index contributed by atoms with van der Waals surface area (Å²) in [7, 11) is 1.60. The minimum absolute atomic E-state index is 0.0330. The van der Waals surface area contributed by atoms with Gasteiger partial charge in [0.15, 0.2) is 0 Å². The van der Waals surface area contributed by atoms with Crippen molar-refractivity contribution in [2.24, 2.45) is 0 Å². The first-order chi connectivity index (χ1) is 8.26. The summed E-state index contributed by atoms with van der Waals surface area (Å²) in [5, 5.41) is 5.90. The van der Waals surface area contributed by atoms with Crippen LogP contribution in [0.2, 0.25) is 0 Å². The van der Waals surface area contributed by atoms with Gasteiger partial charge in [0, 0.05) is 11.8 Å². The Labute approximate surface area is 102 Å². The van der Waals surface area contributed by atoms with Crippen molar-refractivity contribution < 1.29 is 9.53 Å². The van der Waals surface area contributed by atoms with Gasteiger partial charge in [0.2, 0.25) is 5.91 Å². The third-order valence-electron chi connectivity index (χ3n) is 2.35. The van der Waals surface area contributed by atoms with Crippen molar-refractivity contribution in [2.75, 3.05) is 25.5 Å². The molecule has 0 bridgehead atoms. The zero-order valence-electron chi connectivity index (χ0n) is 10.5. The first-order valence-corrected chi connectivity index (χ1v) is 5.91. The zero-order valence-corrected chi connectivity index (χ0v) is 10.5. The van der Waals surface area contributed by atoms with Crippen LogP contribution in [0.1, 0.15) is 19.8 Å². The number of nitrogens with one attached hydrogen (secondary N) is 2. The Morgan fingerprint density at radius 2 is 2.24 bits per heavy atom. The van der Waals surface area contributed by atoms with Crippen molar-refractivity contribution in [1.82, 2.24) is 5.32 Å². The van der Waals surface area contributed by atoms with Crippen molar-refractivity contribution in [2.45, 2.75) is 19.8 Å². The second-order valence-electron chi connectivity index (χ2n) is 3.81. The Morgan fingerprint density at radius 1 is 1.41 bits per heavy atom. The summed E-state index contributed by atoms with van der Waals surface area (Å²) < 4.78 is 5.08. The van der Waals surface area contributed by atoms with Gasteiger partial charge in [-0.15, -0.1) is 0 Å². The van der Waals surface area contributed by atoms with E-state index in [4.69, 9.17) is 4.74 Å². The highest BCUT2D eigenvalue weighted by atomic mass is 16.5. The van der Waals surface area contributed by atoms with E-state index in [-0.39, 0.29) is 5.91 Å². The molecule has 0 saturated carbocycles.